The topological polar surface area (TPSA) is 70.5 Å². The van der Waals surface area contributed by atoms with E-state index in [4.69, 9.17) is 4.74 Å². The van der Waals surface area contributed by atoms with Crippen molar-refractivity contribution in [1.29, 1.82) is 0 Å². The maximum Gasteiger partial charge on any atom is 0.134 e. The largest absolute Gasteiger partial charge is 0.394 e. The SMILES string of the molecule is OC[C@H]1CCCN1c1cc(NCC2CCOCC2)ncn1. The first kappa shape index (κ1) is 14.5. The quantitative estimate of drug-likeness (QED) is 0.852. The van der Waals surface area contributed by atoms with Crippen molar-refractivity contribution in [3.05, 3.63) is 12.4 Å². The van der Waals surface area contributed by atoms with E-state index in [1.54, 1.807) is 6.33 Å². The number of aliphatic hydroxyl groups is 1. The third-order valence-electron chi connectivity index (χ3n) is 4.45. The summed E-state index contributed by atoms with van der Waals surface area (Å²) in [5.41, 5.74) is 0. The van der Waals surface area contributed by atoms with Crippen LogP contribution < -0.4 is 10.2 Å². The van der Waals surface area contributed by atoms with Crippen molar-refractivity contribution >= 4 is 11.6 Å². The van der Waals surface area contributed by atoms with Crippen LogP contribution in [0.2, 0.25) is 0 Å². The highest BCUT2D eigenvalue weighted by atomic mass is 16.5. The second-order valence-electron chi connectivity index (χ2n) is 5.87. The lowest BCUT2D eigenvalue weighted by Crippen LogP contribution is -2.32. The van der Waals surface area contributed by atoms with Crippen LogP contribution in [0.25, 0.3) is 0 Å². The number of hydrogen-bond acceptors (Lipinski definition) is 6. The average molecular weight is 292 g/mol. The van der Waals surface area contributed by atoms with Crippen LogP contribution >= 0.6 is 0 Å². The number of ether oxygens (including phenoxy) is 1. The first-order valence-electron chi connectivity index (χ1n) is 7.88. The van der Waals surface area contributed by atoms with Gasteiger partial charge in [-0.3, -0.25) is 0 Å². The van der Waals surface area contributed by atoms with Crippen molar-refractivity contribution in [2.24, 2.45) is 5.92 Å². The van der Waals surface area contributed by atoms with Gasteiger partial charge in [0.25, 0.3) is 0 Å². The van der Waals surface area contributed by atoms with Gasteiger partial charge in [-0.25, -0.2) is 9.97 Å². The minimum atomic E-state index is 0.189. The average Bonchev–Trinajstić information content (AvgIpc) is 3.03. The number of aromatic nitrogens is 2. The van der Waals surface area contributed by atoms with E-state index in [-0.39, 0.29) is 12.6 Å². The Hall–Kier alpha value is -1.40. The lowest BCUT2D eigenvalue weighted by Gasteiger charge is -2.25. The van der Waals surface area contributed by atoms with Gasteiger partial charge in [-0.15, -0.1) is 0 Å². The van der Waals surface area contributed by atoms with E-state index >= 15 is 0 Å². The number of nitrogens with one attached hydrogen (secondary N) is 1. The zero-order chi connectivity index (χ0) is 14.5. The van der Waals surface area contributed by atoms with Crippen LogP contribution in [-0.2, 0) is 4.74 Å². The molecule has 0 radical (unpaired) electrons. The van der Waals surface area contributed by atoms with Crippen LogP contribution in [0.3, 0.4) is 0 Å². The number of rotatable bonds is 5. The molecule has 0 amide bonds. The summed E-state index contributed by atoms with van der Waals surface area (Å²) >= 11 is 0. The summed E-state index contributed by atoms with van der Waals surface area (Å²) < 4.78 is 5.38. The van der Waals surface area contributed by atoms with Gasteiger partial charge in [0.05, 0.1) is 12.6 Å². The highest BCUT2D eigenvalue weighted by Gasteiger charge is 2.25. The molecule has 0 aliphatic carbocycles. The third-order valence-corrected chi connectivity index (χ3v) is 4.45. The molecule has 116 valence electrons. The fourth-order valence-corrected chi connectivity index (χ4v) is 3.13. The summed E-state index contributed by atoms with van der Waals surface area (Å²) in [6, 6.07) is 2.19. The molecule has 2 fully saturated rings. The Morgan fingerprint density at radius 2 is 2.14 bits per heavy atom. The Morgan fingerprint density at radius 1 is 1.29 bits per heavy atom. The normalized spacial score (nSPS) is 23.5. The molecule has 0 aromatic carbocycles. The summed E-state index contributed by atoms with van der Waals surface area (Å²) in [7, 11) is 0. The van der Waals surface area contributed by atoms with Gasteiger partial charge in [-0.2, -0.15) is 0 Å². The fourth-order valence-electron chi connectivity index (χ4n) is 3.13. The van der Waals surface area contributed by atoms with Crippen LogP contribution in [0.1, 0.15) is 25.7 Å². The summed E-state index contributed by atoms with van der Waals surface area (Å²) in [5, 5.41) is 12.8. The second kappa shape index (κ2) is 7.04. The van der Waals surface area contributed by atoms with E-state index < -0.39 is 0 Å². The smallest absolute Gasteiger partial charge is 0.134 e. The molecule has 3 rings (SSSR count). The maximum atomic E-state index is 9.43. The van der Waals surface area contributed by atoms with Gasteiger partial charge in [0.15, 0.2) is 0 Å². The van der Waals surface area contributed by atoms with Crippen molar-refractivity contribution in [2.75, 3.05) is 43.1 Å². The van der Waals surface area contributed by atoms with E-state index in [2.05, 4.69) is 20.2 Å². The first-order valence-corrected chi connectivity index (χ1v) is 7.88. The van der Waals surface area contributed by atoms with Crippen LogP contribution in [0, 0.1) is 5.92 Å². The van der Waals surface area contributed by atoms with Gasteiger partial charge in [0.2, 0.25) is 0 Å². The molecule has 21 heavy (non-hydrogen) atoms. The van der Waals surface area contributed by atoms with Crippen molar-refractivity contribution in [2.45, 2.75) is 31.7 Å². The molecular weight excluding hydrogens is 268 g/mol. The molecule has 0 unspecified atom stereocenters. The first-order chi connectivity index (χ1) is 10.4. The van der Waals surface area contributed by atoms with E-state index in [0.717, 1.165) is 63.6 Å². The molecule has 0 bridgehead atoms. The lowest BCUT2D eigenvalue weighted by atomic mass is 10.0. The van der Waals surface area contributed by atoms with Crippen LogP contribution in [0.4, 0.5) is 11.6 Å². The van der Waals surface area contributed by atoms with Gasteiger partial charge in [-0.1, -0.05) is 0 Å². The van der Waals surface area contributed by atoms with Gasteiger partial charge in [0.1, 0.15) is 18.0 Å². The van der Waals surface area contributed by atoms with E-state index in [1.165, 1.54) is 0 Å². The highest BCUT2D eigenvalue weighted by molar-refractivity contribution is 5.49. The Morgan fingerprint density at radius 3 is 2.95 bits per heavy atom. The molecule has 1 aromatic rings. The second-order valence-corrected chi connectivity index (χ2v) is 5.87. The Bertz CT molecular complexity index is 451. The maximum absolute atomic E-state index is 9.43. The molecule has 2 aliphatic rings. The fraction of sp³-hybridized carbons (Fsp3) is 0.733. The van der Waals surface area contributed by atoms with Gasteiger partial charge < -0.3 is 20.1 Å². The minimum Gasteiger partial charge on any atom is -0.394 e. The molecule has 2 aliphatic heterocycles. The molecule has 3 heterocycles. The van der Waals surface area contributed by atoms with Crippen LogP contribution in [0.5, 0.6) is 0 Å². The van der Waals surface area contributed by atoms with Gasteiger partial charge in [0, 0.05) is 32.4 Å². The lowest BCUT2D eigenvalue weighted by molar-refractivity contribution is 0.0699. The number of aliphatic hydroxyl groups excluding tert-OH is 1. The summed E-state index contributed by atoms with van der Waals surface area (Å²) in [6.07, 6.45) is 5.98. The minimum absolute atomic E-state index is 0.189. The van der Waals surface area contributed by atoms with E-state index in [1.807, 2.05) is 6.07 Å². The molecule has 1 atom stereocenters. The summed E-state index contributed by atoms with van der Waals surface area (Å²) in [4.78, 5) is 10.8. The Balaban J connectivity index is 1.60. The third kappa shape index (κ3) is 3.63. The molecule has 2 N–H and O–H groups in total. The van der Waals surface area contributed by atoms with Crippen LogP contribution in [-0.4, -0.2) is 54.0 Å². The van der Waals surface area contributed by atoms with E-state index in [0.29, 0.717) is 5.92 Å². The molecule has 6 heteroatoms. The predicted molar refractivity (Wildman–Crippen MR) is 81.5 cm³/mol. The molecule has 2 saturated heterocycles. The van der Waals surface area contributed by atoms with Gasteiger partial charge in [-0.05, 0) is 31.6 Å². The molecule has 6 nitrogen and oxygen atoms in total. The molecule has 1 aromatic heterocycles. The zero-order valence-electron chi connectivity index (χ0n) is 12.4. The highest BCUT2D eigenvalue weighted by Crippen LogP contribution is 2.25. The molecule has 0 spiro atoms. The van der Waals surface area contributed by atoms with Crippen molar-refractivity contribution in [1.82, 2.24) is 9.97 Å². The monoisotopic (exact) mass is 292 g/mol. The standard InChI is InChI=1S/C15H24N4O2/c20-10-13-2-1-5-19(13)15-8-14(17-11-18-15)16-9-12-3-6-21-7-4-12/h8,11-13,20H,1-7,9-10H2,(H,16,17,18)/t13-/m1/s1. The van der Waals surface area contributed by atoms with Crippen molar-refractivity contribution in [3.8, 4) is 0 Å². The zero-order valence-corrected chi connectivity index (χ0v) is 12.4. The number of hydrogen-bond donors (Lipinski definition) is 2. The molecule has 0 saturated carbocycles. The number of anilines is 2. The Labute approximate surface area is 125 Å². The predicted octanol–water partition coefficient (Wildman–Crippen LogP) is 1.28. The summed E-state index contributed by atoms with van der Waals surface area (Å²) in [6.45, 7) is 3.82. The van der Waals surface area contributed by atoms with Crippen molar-refractivity contribution in [3.63, 3.8) is 0 Å². The summed E-state index contributed by atoms with van der Waals surface area (Å²) in [5.74, 6) is 2.44. The Kier molecular flexibility index (Phi) is 4.87. The molecular formula is C15H24N4O2. The number of nitrogens with zero attached hydrogens (tertiary/aromatic N) is 3. The van der Waals surface area contributed by atoms with Gasteiger partial charge >= 0.3 is 0 Å². The van der Waals surface area contributed by atoms with Crippen molar-refractivity contribution < 1.29 is 9.84 Å². The van der Waals surface area contributed by atoms with E-state index in [9.17, 15) is 5.11 Å². The van der Waals surface area contributed by atoms with Crippen LogP contribution in [0.15, 0.2) is 12.4 Å².